The number of aliphatic imine (C=N–C) groups is 1. The van der Waals surface area contributed by atoms with E-state index in [0.717, 1.165) is 44.0 Å². The maximum absolute atomic E-state index is 13.9. The Morgan fingerprint density at radius 2 is 2.00 bits per heavy atom. The maximum atomic E-state index is 13.9. The second-order valence-electron chi connectivity index (χ2n) is 6.90. The Labute approximate surface area is 175 Å². The average Bonchev–Trinajstić information content (AvgIpc) is 3.37. The highest BCUT2D eigenvalue weighted by Gasteiger charge is 2.40. The molecule has 6 heteroatoms. The van der Waals surface area contributed by atoms with Gasteiger partial charge in [0.05, 0.1) is 0 Å². The van der Waals surface area contributed by atoms with Gasteiger partial charge in [-0.1, -0.05) is 32.0 Å². The summed E-state index contributed by atoms with van der Waals surface area (Å²) in [5, 5.41) is 6.89. The number of hydrogen-bond donors (Lipinski definition) is 2. The molecule has 2 N–H and O–H groups in total. The van der Waals surface area contributed by atoms with E-state index in [1.807, 2.05) is 12.1 Å². The van der Waals surface area contributed by atoms with Crippen molar-refractivity contribution in [3.8, 4) is 0 Å². The first-order valence-corrected chi connectivity index (χ1v) is 9.55. The van der Waals surface area contributed by atoms with Crippen LogP contribution in [0.25, 0.3) is 0 Å². The molecule has 0 aliphatic heterocycles. The molecule has 26 heavy (non-hydrogen) atoms. The maximum Gasteiger partial charge on any atom is 0.191 e. The molecule has 0 radical (unpaired) electrons. The number of halogens is 2. The van der Waals surface area contributed by atoms with Gasteiger partial charge in [0.1, 0.15) is 5.82 Å². The second kappa shape index (κ2) is 11.7. The van der Waals surface area contributed by atoms with E-state index < -0.39 is 0 Å². The van der Waals surface area contributed by atoms with Gasteiger partial charge in [-0.2, -0.15) is 0 Å². The van der Waals surface area contributed by atoms with Crippen molar-refractivity contribution in [3.63, 3.8) is 0 Å². The number of nitrogens with zero attached hydrogens (tertiary/aromatic N) is 2. The summed E-state index contributed by atoms with van der Waals surface area (Å²) in [5.74, 6) is 0.960. The predicted molar refractivity (Wildman–Crippen MR) is 119 cm³/mol. The van der Waals surface area contributed by atoms with Gasteiger partial charge in [0.15, 0.2) is 5.96 Å². The van der Waals surface area contributed by atoms with Gasteiger partial charge in [0.25, 0.3) is 0 Å². The van der Waals surface area contributed by atoms with Crippen LogP contribution < -0.4 is 10.6 Å². The summed E-state index contributed by atoms with van der Waals surface area (Å²) in [6.45, 7) is 9.97. The Morgan fingerprint density at radius 3 is 2.62 bits per heavy atom. The number of hydrogen-bond acceptors (Lipinski definition) is 2. The number of benzene rings is 1. The van der Waals surface area contributed by atoms with Crippen molar-refractivity contribution in [2.45, 2.75) is 58.0 Å². The Kier molecular flexibility index (Phi) is 10.5. The van der Waals surface area contributed by atoms with Crippen LogP contribution in [0.2, 0.25) is 0 Å². The second-order valence-corrected chi connectivity index (χ2v) is 6.90. The molecule has 3 unspecified atom stereocenters. The van der Waals surface area contributed by atoms with Crippen molar-refractivity contribution in [1.82, 2.24) is 15.5 Å². The molecule has 1 aliphatic rings. The summed E-state index contributed by atoms with van der Waals surface area (Å²) in [5.41, 5.74) is 0.808. The molecule has 0 bridgehead atoms. The van der Waals surface area contributed by atoms with Crippen LogP contribution in [0.5, 0.6) is 0 Å². The highest BCUT2D eigenvalue weighted by atomic mass is 127. The van der Waals surface area contributed by atoms with Crippen molar-refractivity contribution in [2.24, 2.45) is 4.99 Å². The molecule has 1 aliphatic carbocycles. The van der Waals surface area contributed by atoms with Gasteiger partial charge in [-0.3, -0.25) is 4.99 Å². The molecule has 1 aromatic carbocycles. The van der Waals surface area contributed by atoms with Crippen molar-refractivity contribution < 1.29 is 4.39 Å². The first kappa shape index (κ1) is 23.1. The van der Waals surface area contributed by atoms with Gasteiger partial charge in [0.2, 0.25) is 0 Å². The van der Waals surface area contributed by atoms with E-state index in [1.54, 1.807) is 13.1 Å². The Balaban J connectivity index is 0.00000338. The van der Waals surface area contributed by atoms with Crippen LogP contribution in [0.15, 0.2) is 29.3 Å². The standard InChI is InChI=1S/C20H33FN4.HI/c1-5-25(6-2)13-9-10-15(3)23-20(22-4)24-19-14-17(19)16-11-7-8-12-18(16)21;/h7-8,11-12,15,17,19H,5-6,9-10,13-14H2,1-4H3,(H2,22,23,24);1H. The van der Waals surface area contributed by atoms with Crippen LogP contribution in [0.4, 0.5) is 4.39 Å². The minimum atomic E-state index is -0.107. The molecule has 4 nitrogen and oxygen atoms in total. The van der Waals surface area contributed by atoms with Crippen molar-refractivity contribution >= 4 is 29.9 Å². The monoisotopic (exact) mass is 476 g/mol. The predicted octanol–water partition coefficient (Wildman–Crippen LogP) is 3.98. The van der Waals surface area contributed by atoms with Crippen LogP contribution in [0.1, 0.15) is 51.5 Å². The summed E-state index contributed by atoms with van der Waals surface area (Å²) in [6, 6.07) is 7.70. The molecule has 0 spiro atoms. The van der Waals surface area contributed by atoms with Crippen molar-refractivity contribution in [2.75, 3.05) is 26.7 Å². The van der Waals surface area contributed by atoms with Crippen LogP contribution in [-0.4, -0.2) is 49.6 Å². The quantitative estimate of drug-likeness (QED) is 0.322. The molecular weight excluding hydrogens is 442 g/mol. The van der Waals surface area contributed by atoms with Gasteiger partial charge < -0.3 is 15.5 Å². The lowest BCUT2D eigenvalue weighted by molar-refractivity contribution is 0.292. The Hall–Kier alpha value is -0.890. The largest absolute Gasteiger partial charge is 0.354 e. The highest BCUT2D eigenvalue weighted by Crippen LogP contribution is 2.41. The van der Waals surface area contributed by atoms with E-state index in [4.69, 9.17) is 0 Å². The Morgan fingerprint density at radius 1 is 1.31 bits per heavy atom. The Bertz CT molecular complexity index is 562. The number of rotatable bonds is 9. The normalized spacial score (nSPS) is 20.5. The van der Waals surface area contributed by atoms with Crippen molar-refractivity contribution in [1.29, 1.82) is 0 Å². The fraction of sp³-hybridized carbons (Fsp3) is 0.650. The van der Waals surface area contributed by atoms with E-state index in [-0.39, 0.29) is 41.8 Å². The van der Waals surface area contributed by atoms with E-state index in [2.05, 4.69) is 41.3 Å². The summed E-state index contributed by atoms with van der Waals surface area (Å²) in [7, 11) is 1.79. The summed E-state index contributed by atoms with van der Waals surface area (Å²) < 4.78 is 13.9. The molecular formula is C20H34FIN4. The minimum Gasteiger partial charge on any atom is -0.354 e. The molecule has 0 amide bonds. The van der Waals surface area contributed by atoms with Crippen LogP contribution >= 0.6 is 24.0 Å². The lowest BCUT2D eigenvalue weighted by atomic mass is 10.1. The van der Waals surface area contributed by atoms with Crippen LogP contribution in [0, 0.1) is 5.82 Å². The molecule has 0 aromatic heterocycles. The van der Waals surface area contributed by atoms with Crippen LogP contribution in [0.3, 0.4) is 0 Å². The highest BCUT2D eigenvalue weighted by molar-refractivity contribution is 14.0. The van der Waals surface area contributed by atoms with Crippen LogP contribution in [-0.2, 0) is 0 Å². The molecule has 148 valence electrons. The zero-order chi connectivity index (χ0) is 18.2. The third-order valence-corrected chi connectivity index (χ3v) is 5.03. The zero-order valence-corrected chi connectivity index (χ0v) is 18.8. The SMILES string of the molecule is CCN(CC)CCCC(C)NC(=NC)NC1CC1c1ccccc1F.I. The number of nitrogens with one attached hydrogen (secondary N) is 2. The fourth-order valence-electron chi connectivity index (χ4n) is 3.29. The van der Waals surface area contributed by atoms with E-state index in [1.165, 1.54) is 12.5 Å². The lowest BCUT2D eigenvalue weighted by Gasteiger charge is -2.21. The van der Waals surface area contributed by atoms with Gasteiger partial charge in [-0.25, -0.2) is 4.39 Å². The molecule has 2 rings (SSSR count). The minimum absolute atomic E-state index is 0. The van der Waals surface area contributed by atoms with Gasteiger partial charge in [-0.05, 0) is 57.5 Å². The van der Waals surface area contributed by atoms with Gasteiger partial charge in [-0.15, -0.1) is 24.0 Å². The molecule has 3 atom stereocenters. The van der Waals surface area contributed by atoms with E-state index in [0.29, 0.717) is 6.04 Å². The third-order valence-electron chi connectivity index (χ3n) is 5.03. The summed E-state index contributed by atoms with van der Waals surface area (Å²) in [4.78, 5) is 6.77. The molecule has 0 saturated heterocycles. The summed E-state index contributed by atoms with van der Waals surface area (Å²) in [6.07, 6.45) is 3.24. The first-order valence-electron chi connectivity index (χ1n) is 9.55. The van der Waals surface area contributed by atoms with Gasteiger partial charge in [0, 0.05) is 25.0 Å². The average molecular weight is 476 g/mol. The summed E-state index contributed by atoms with van der Waals surface area (Å²) >= 11 is 0. The van der Waals surface area contributed by atoms with E-state index >= 15 is 0 Å². The van der Waals surface area contributed by atoms with E-state index in [9.17, 15) is 4.39 Å². The van der Waals surface area contributed by atoms with Crippen molar-refractivity contribution in [3.05, 3.63) is 35.6 Å². The molecule has 1 fully saturated rings. The molecule has 1 aromatic rings. The zero-order valence-electron chi connectivity index (χ0n) is 16.5. The molecule has 1 saturated carbocycles. The third kappa shape index (κ3) is 7.02. The molecule has 0 heterocycles. The topological polar surface area (TPSA) is 39.7 Å². The fourth-order valence-corrected chi connectivity index (χ4v) is 3.29. The number of guanidine groups is 1. The van der Waals surface area contributed by atoms with Gasteiger partial charge >= 0.3 is 0 Å². The smallest absolute Gasteiger partial charge is 0.191 e. The first-order chi connectivity index (χ1) is 12.1. The lowest BCUT2D eigenvalue weighted by Crippen LogP contribution is -2.43.